The van der Waals surface area contributed by atoms with Crippen molar-refractivity contribution in [3.05, 3.63) is 54.3 Å². The molecule has 1 aliphatic rings. The highest BCUT2D eigenvalue weighted by atomic mass is 16.5. The van der Waals surface area contributed by atoms with Crippen LogP contribution in [-0.4, -0.2) is 53.8 Å². The number of carbonyl (C=O) groups excluding carboxylic acids is 2. The van der Waals surface area contributed by atoms with E-state index in [1.54, 1.807) is 42.2 Å². The maximum Gasteiger partial charge on any atom is 0.316 e. The monoisotopic (exact) mass is 504 g/mol. The van der Waals surface area contributed by atoms with E-state index in [0.717, 1.165) is 12.8 Å². The van der Waals surface area contributed by atoms with Crippen molar-refractivity contribution >= 4 is 17.6 Å². The minimum atomic E-state index is -0.416. The summed E-state index contributed by atoms with van der Waals surface area (Å²) in [6, 6.07) is 6.69. The molecule has 1 aromatic carbocycles. The van der Waals surface area contributed by atoms with E-state index >= 15 is 0 Å². The Bertz CT molecular complexity index is 1430. The molecule has 2 N–H and O–H groups in total. The number of carbonyl (C=O) groups is 2. The predicted octanol–water partition coefficient (Wildman–Crippen LogP) is 2.98. The van der Waals surface area contributed by atoms with Crippen molar-refractivity contribution in [3.63, 3.8) is 0 Å². The van der Waals surface area contributed by atoms with E-state index in [1.807, 2.05) is 13.8 Å². The van der Waals surface area contributed by atoms with E-state index in [1.165, 1.54) is 12.4 Å². The summed E-state index contributed by atoms with van der Waals surface area (Å²) in [5.74, 6) is 0.552. The average molecular weight is 505 g/mol. The molecule has 3 heterocycles. The number of aryl methyl sites for hydroxylation is 1. The summed E-state index contributed by atoms with van der Waals surface area (Å²) < 4.78 is 18.3. The zero-order valence-corrected chi connectivity index (χ0v) is 20.3. The summed E-state index contributed by atoms with van der Waals surface area (Å²) in [6.07, 6.45) is 6.27. The topological polar surface area (TPSA) is 159 Å². The van der Waals surface area contributed by atoms with Gasteiger partial charge in [0.1, 0.15) is 17.2 Å². The molecule has 0 atom stereocenters. The standard InChI is InChI=1S/C24H24N8O5/c1-13(2)35-16-8-14(22(33)28-19-6-7-32(3)30-19)9-17(10-16)36-20-12-25-18(11-26-20)21-29-24(37-31-21)23(34)27-15-4-5-15/h6-13,15H,4-5H2,1-3H3,(H,27,34)(H,28,30,33). The molecule has 0 aliphatic heterocycles. The molecule has 190 valence electrons. The first kappa shape index (κ1) is 23.9. The van der Waals surface area contributed by atoms with E-state index in [-0.39, 0.29) is 35.6 Å². The van der Waals surface area contributed by atoms with Crippen molar-refractivity contribution in [2.75, 3.05) is 5.32 Å². The second kappa shape index (κ2) is 10.0. The van der Waals surface area contributed by atoms with Crippen molar-refractivity contribution < 1.29 is 23.6 Å². The Balaban J connectivity index is 1.31. The van der Waals surface area contributed by atoms with E-state index in [0.29, 0.717) is 28.6 Å². The van der Waals surface area contributed by atoms with Gasteiger partial charge in [0.15, 0.2) is 5.82 Å². The largest absolute Gasteiger partial charge is 0.491 e. The van der Waals surface area contributed by atoms with Crippen LogP contribution in [0.4, 0.5) is 5.82 Å². The number of anilines is 1. The lowest BCUT2D eigenvalue weighted by Gasteiger charge is -2.13. The maximum atomic E-state index is 12.8. The van der Waals surface area contributed by atoms with Gasteiger partial charge in [0.25, 0.3) is 5.91 Å². The summed E-state index contributed by atoms with van der Waals surface area (Å²) in [4.78, 5) is 37.5. The zero-order chi connectivity index (χ0) is 25.9. The van der Waals surface area contributed by atoms with Crippen LogP contribution in [0.2, 0.25) is 0 Å². The van der Waals surface area contributed by atoms with Gasteiger partial charge in [-0.25, -0.2) is 9.97 Å². The first-order valence-corrected chi connectivity index (χ1v) is 11.6. The van der Waals surface area contributed by atoms with E-state index in [4.69, 9.17) is 14.0 Å². The Labute approximate surface area is 211 Å². The lowest BCUT2D eigenvalue weighted by atomic mass is 10.2. The van der Waals surface area contributed by atoms with E-state index in [9.17, 15) is 9.59 Å². The second-order valence-corrected chi connectivity index (χ2v) is 8.70. The van der Waals surface area contributed by atoms with Crippen LogP contribution in [0.1, 0.15) is 47.7 Å². The van der Waals surface area contributed by atoms with Gasteiger partial charge in [-0.05, 0) is 38.8 Å². The third-order valence-corrected chi connectivity index (χ3v) is 5.08. The van der Waals surface area contributed by atoms with Crippen molar-refractivity contribution in [2.24, 2.45) is 7.05 Å². The third kappa shape index (κ3) is 6.07. The fourth-order valence-electron chi connectivity index (χ4n) is 3.27. The number of rotatable bonds is 9. The van der Waals surface area contributed by atoms with Gasteiger partial charge in [0.2, 0.25) is 11.7 Å². The molecule has 13 nitrogen and oxygen atoms in total. The Morgan fingerprint density at radius 2 is 1.92 bits per heavy atom. The Kier molecular flexibility index (Phi) is 6.49. The normalized spacial score (nSPS) is 12.9. The number of aromatic nitrogens is 6. The molecule has 1 saturated carbocycles. The molecule has 0 radical (unpaired) electrons. The van der Waals surface area contributed by atoms with Crippen molar-refractivity contribution in [2.45, 2.75) is 38.8 Å². The second-order valence-electron chi connectivity index (χ2n) is 8.70. The zero-order valence-electron chi connectivity index (χ0n) is 20.3. The van der Waals surface area contributed by atoms with Gasteiger partial charge >= 0.3 is 11.8 Å². The summed E-state index contributed by atoms with van der Waals surface area (Å²) in [6.45, 7) is 3.76. The lowest BCUT2D eigenvalue weighted by molar-refractivity contribution is 0.0906. The summed E-state index contributed by atoms with van der Waals surface area (Å²) in [5.41, 5.74) is 0.612. The van der Waals surface area contributed by atoms with Gasteiger partial charge in [0, 0.05) is 37.0 Å². The number of amides is 2. The molecule has 2 amide bonds. The molecule has 0 unspecified atom stereocenters. The predicted molar refractivity (Wildman–Crippen MR) is 129 cm³/mol. The molecular formula is C24H24N8O5. The molecule has 3 aromatic heterocycles. The molecule has 1 fully saturated rings. The Hall–Kier alpha value is -4.81. The molecular weight excluding hydrogens is 480 g/mol. The van der Waals surface area contributed by atoms with Gasteiger partial charge in [-0.15, -0.1) is 0 Å². The van der Waals surface area contributed by atoms with Crippen LogP contribution in [0.15, 0.2) is 47.4 Å². The molecule has 0 spiro atoms. The maximum absolute atomic E-state index is 12.8. The fourth-order valence-corrected chi connectivity index (χ4v) is 3.27. The lowest BCUT2D eigenvalue weighted by Crippen LogP contribution is -2.25. The highest BCUT2D eigenvalue weighted by molar-refractivity contribution is 6.04. The number of ether oxygens (including phenoxy) is 2. The summed E-state index contributed by atoms with van der Waals surface area (Å²) in [7, 11) is 1.76. The van der Waals surface area contributed by atoms with Crippen LogP contribution < -0.4 is 20.1 Å². The van der Waals surface area contributed by atoms with Gasteiger partial charge in [-0.3, -0.25) is 14.3 Å². The average Bonchev–Trinajstić information content (AvgIpc) is 3.35. The first-order chi connectivity index (χ1) is 17.8. The highest BCUT2D eigenvalue weighted by Crippen LogP contribution is 2.28. The van der Waals surface area contributed by atoms with Crippen LogP contribution in [0.3, 0.4) is 0 Å². The third-order valence-electron chi connectivity index (χ3n) is 5.08. The summed E-state index contributed by atoms with van der Waals surface area (Å²) >= 11 is 0. The highest BCUT2D eigenvalue weighted by Gasteiger charge is 2.27. The molecule has 37 heavy (non-hydrogen) atoms. The Morgan fingerprint density at radius 3 is 2.59 bits per heavy atom. The molecule has 4 aromatic rings. The van der Waals surface area contributed by atoms with Crippen LogP contribution >= 0.6 is 0 Å². The van der Waals surface area contributed by atoms with Crippen LogP contribution in [0.25, 0.3) is 11.5 Å². The number of nitrogens with zero attached hydrogens (tertiary/aromatic N) is 6. The van der Waals surface area contributed by atoms with Gasteiger partial charge in [-0.1, -0.05) is 5.16 Å². The number of hydrogen-bond donors (Lipinski definition) is 2. The van der Waals surface area contributed by atoms with Gasteiger partial charge in [-0.2, -0.15) is 10.1 Å². The number of benzene rings is 1. The molecule has 0 bridgehead atoms. The smallest absolute Gasteiger partial charge is 0.316 e. The molecule has 1 aliphatic carbocycles. The molecule has 0 saturated heterocycles. The summed E-state index contributed by atoms with van der Waals surface area (Å²) in [5, 5.41) is 13.5. The van der Waals surface area contributed by atoms with Crippen LogP contribution in [-0.2, 0) is 7.05 Å². The first-order valence-electron chi connectivity index (χ1n) is 11.6. The minimum Gasteiger partial charge on any atom is -0.491 e. The number of hydrogen-bond acceptors (Lipinski definition) is 10. The quantitative estimate of drug-likeness (QED) is 0.347. The SMILES string of the molecule is CC(C)Oc1cc(Oc2cnc(-c3noc(C(=O)NC4CC4)n3)cn2)cc(C(=O)Nc2ccn(C)n2)c1. The van der Waals surface area contributed by atoms with Crippen LogP contribution in [0, 0.1) is 0 Å². The van der Waals surface area contributed by atoms with Crippen molar-refractivity contribution in [3.8, 4) is 28.9 Å². The fraction of sp³-hybridized carbons (Fsp3) is 0.292. The van der Waals surface area contributed by atoms with Gasteiger partial charge in [0.05, 0.1) is 18.5 Å². The van der Waals surface area contributed by atoms with E-state index in [2.05, 4.69) is 35.8 Å². The minimum absolute atomic E-state index is 0.118. The Morgan fingerprint density at radius 1 is 1.11 bits per heavy atom. The molecule has 13 heteroatoms. The van der Waals surface area contributed by atoms with E-state index < -0.39 is 5.91 Å². The van der Waals surface area contributed by atoms with Crippen molar-refractivity contribution in [1.82, 2.24) is 35.2 Å². The molecule has 5 rings (SSSR count). The van der Waals surface area contributed by atoms with Gasteiger partial charge < -0.3 is 24.6 Å². The van der Waals surface area contributed by atoms with Crippen LogP contribution in [0.5, 0.6) is 17.4 Å². The number of nitrogens with one attached hydrogen (secondary N) is 2. The van der Waals surface area contributed by atoms with Crippen molar-refractivity contribution in [1.29, 1.82) is 0 Å².